The number of aromatic nitrogens is 2. The van der Waals surface area contributed by atoms with Gasteiger partial charge in [0.2, 0.25) is 0 Å². The molecular weight excluding hydrogens is 251 g/mol. The average Bonchev–Trinajstić information content (AvgIpc) is 2.96. The molecule has 2 nitrogen and oxygen atoms in total. The fourth-order valence-corrected chi connectivity index (χ4v) is 3.34. The minimum Gasteiger partial charge on any atom is -0.323 e. The highest BCUT2D eigenvalue weighted by Crippen LogP contribution is 2.48. The summed E-state index contributed by atoms with van der Waals surface area (Å²) >= 11 is 0. The van der Waals surface area contributed by atoms with E-state index >= 15 is 0 Å². The summed E-state index contributed by atoms with van der Waals surface area (Å²) in [4.78, 5) is 4.26. The van der Waals surface area contributed by atoms with E-state index in [0.717, 1.165) is 23.3 Å². The van der Waals surface area contributed by atoms with Gasteiger partial charge in [0.15, 0.2) is 0 Å². The molecule has 0 fully saturated rings. The third-order valence-corrected chi connectivity index (χ3v) is 4.37. The molecule has 1 aliphatic carbocycles. The lowest BCUT2D eigenvalue weighted by Crippen LogP contribution is -2.15. The minimum absolute atomic E-state index is 0.0158. The van der Waals surface area contributed by atoms with Crippen LogP contribution in [0.5, 0.6) is 0 Å². The molecule has 0 amide bonds. The van der Waals surface area contributed by atoms with Gasteiger partial charge in [0, 0.05) is 17.6 Å². The van der Waals surface area contributed by atoms with Gasteiger partial charge in [-0.05, 0) is 12.3 Å². The number of halogens is 1. The van der Waals surface area contributed by atoms with Crippen LogP contribution in [0.3, 0.4) is 0 Å². The van der Waals surface area contributed by atoms with E-state index in [1.54, 1.807) is 0 Å². The zero-order valence-corrected chi connectivity index (χ0v) is 12.1. The van der Waals surface area contributed by atoms with Crippen LogP contribution in [-0.4, -0.2) is 9.55 Å². The van der Waals surface area contributed by atoms with E-state index in [9.17, 15) is 4.39 Å². The highest BCUT2D eigenvalue weighted by Gasteiger charge is 2.37. The van der Waals surface area contributed by atoms with Crippen LogP contribution < -0.4 is 0 Å². The Morgan fingerprint density at radius 1 is 1.50 bits per heavy atom. The lowest BCUT2D eigenvalue weighted by Gasteiger charge is -2.23. The van der Waals surface area contributed by atoms with Crippen LogP contribution in [0.2, 0.25) is 0 Å². The van der Waals surface area contributed by atoms with E-state index in [1.165, 1.54) is 12.8 Å². The van der Waals surface area contributed by atoms with Crippen molar-refractivity contribution in [2.24, 2.45) is 5.92 Å². The molecule has 0 bridgehead atoms. The Labute approximate surface area is 119 Å². The fourth-order valence-electron chi connectivity index (χ4n) is 3.34. The molecule has 3 heteroatoms. The second-order valence-corrected chi connectivity index (χ2v) is 5.78. The second-order valence-electron chi connectivity index (χ2n) is 5.78. The number of imidazole rings is 1. The van der Waals surface area contributed by atoms with Crippen molar-refractivity contribution in [1.82, 2.24) is 9.55 Å². The molecule has 3 rings (SSSR count). The predicted octanol–water partition coefficient (Wildman–Crippen LogP) is 4.83. The zero-order chi connectivity index (χ0) is 14.1. The zero-order valence-electron chi connectivity index (χ0n) is 12.1. The van der Waals surface area contributed by atoms with E-state index < -0.39 is 0 Å². The molecule has 1 aromatic heterocycles. The number of rotatable bonds is 4. The van der Waals surface area contributed by atoms with Crippen LogP contribution in [0.15, 0.2) is 42.2 Å². The second kappa shape index (κ2) is 5.39. The Hall–Kier alpha value is -1.64. The SMILES string of the molecule is CCCCC(C)C1C2=C(F)CC=CC=C2c2cncn21. The number of fused-ring (bicyclic) bond motifs is 3. The van der Waals surface area contributed by atoms with Crippen LogP contribution in [0.4, 0.5) is 4.39 Å². The van der Waals surface area contributed by atoms with Crippen molar-refractivity contribution < 1.29 is 4.39 Å². The van der Waals surface area contributed by atoms with Gasteiger partial charge in [-0.25, -0.2) is 9.37 Å². The maximum atomic E-state index is 14.5. The first kappa shape index (κ1) is 13.3. The smallest absolute Gasteiger partial charge is 0.110 e. The summed E-state index contributed by atoms with van der Waals surface area (Å²) in [5.41, 5.74) is 2.95. The standard InChI is InChI=1S/C17H21FN2/c1-3-4-7-12(2)17-16-13(8-5-6-9-14(16)18)15-10-19-11-20(15)17/h5-6,8,10-12,17H,3-4,7,9H2,1-2H3. The molecular formula is C17H21FN2. The van der Waals surface area contributed by atoms with E-state index in [-0.39, 0.29) is 11.9 Å². The van der Waals surface area contributed by atoms with Crippen molar-refractivity contribution in [2.45, 2.75) is 45.6 Å². The van der Waals surface area contributed by atoms with Gasteiger partial charge in [-0.15, -0.1) is 0 Å². The lowest BCUT2D eigenvalue weighted by molar-refractivity contribution is 0.374. The van der Waals surface area contributed by atoms with Gasteiger partial charge < -0.3 is 4.57 Å². The maximum Gasteiger partial charge on any atom is 0.110 e. The first-order valence-electron chi connectivity index (χ1n) is 7.52. The molecule has 2 heterocycles. The normalized spacial score (nSPS) is 22.4. The van der Waals surface area contributed by atoms with E-state index in [0.29, 0.717) is 12.3 Å². The Balaban J connectivity index is 2.05. The molecule has 0 radical (unpaired) electrons. The summed E-state index contributed by atoms with van der Waals surface area (Å²) in [5.74, 6) is 0.440. The summed E-state index contributed by atoms with van der Waals surface area (Å²) in [6, 6.07) is 0.102. The number of hydrogen-bond acceptors (Lipinski definition) is 1. The fraction of sp³-hybridized carbons (Fsp3) is 0.471. The van der Waals surface area contributed by atoms with E-state index in [1.807, 2.05) is 30.8 Å². The molecule has 2 aliphatic rings. The molecule has 1 aliphatic heterocycles. The maximum absolute atomic E-state index is 14.5. The van der Waals surface area contributed by atoms with Gasteiger partial charge in [-0.3, -0.25) is 0 Å². The first-order valence-corrected chi connectivity index (χ1v) is 7.52. The molecule has 0 aromatic carbocycles. The van der Waals surface area contributed by atoms with Crippen molar-refractivity contribution in [1.29, 1.82) is 0 Å². The van der Waals surface area contributed by atoms with Gasteiger partial charge in [0.05, 0.1) is 24.3 Å². The molecule has 0 spiro atoms. The average molecular weight is 272 g/mol. The molecule has 0 saturated carbocycles. The highest BCUT2D eigenvalue weighted by atomic mass is 19.1. The van der Waals surface area contributed by atoms with Crippen LogP contribution in [-0.2, 0) is 0 Å². The van der Waals surface area contributed by atoms with Crippen molar-refractivity contribution >= 4 is 5.57 Å². The van der Waals surface area contributed by atoms with Crippen LogP contribution in [0.25, 0.3) is 5.57 Å². The summed E-state index contributed by atoms with van der Waals surface area (Å²) in [7, 11) is 0. The van der Waals surface area contributed by atoms with Crippen molar-refractivity contribution in [3.8, 4) is 0 Å². The van der Waals surface area contributed by atoms with Crippen LogP contribution in [0.1, 0.15) is 51.3 Å². The number of allylic oxidation sites excluding steroid dienone is 6. The summed E-state index contributed by atoms with van der Waals surface area (Å²) < 4.78 is 16.7. The molecule has 1 aromatic rings. The monoisotopic (exact) mass is 272 g/mol. The third kappa shape index (κ3) is 2.05. The van der Waals surface area contributed by atoms with Gasteiger partial charge in [-0.1, -0.05) is 44.9 Å². The number of unbranched alkanes of at least 4 members (excludes halogenated alkanes) is 1. The quantitative estimate of drug-likeness (QED) is 0.767. The van der Waals surface area contributed by atoms with Crippen LogP contribution in [0, 0.1) is 5.92 Å². The molecule has 0 saturated heterocycles. The highest BCUT2D eigenvalue weighted by molar-refractivity contribution is 5.83. The minimum atomic E-state index is 0.0158. The summed E-state index contributed by atoms with van der Waals surface area (Å²) in [6.45, 7) is 4.43. The lowest BCUT2D eigenvalue weighted by atomic mass is 9.88. The van der Waals surface area contributed by atoms with Crippen molar-refractivity contribution in [3.63, 3.8) is 0 Å². The Morgan fingerprint density at radius 3 is 3.15 bits per heavy atom. The summed E-state index contributed by atoms with van der Waals surface area (Å²) in [5, 5.41) is 0. The Bertz CT molecular complexity index is 592. The number of nitrogens with zero attached hydrogens (tertiary/aromatic N) is 2. The molecule has 0 N–H and O–H groups in total. The summed E-state index contributed by atoms with van der Waals surface area (Å²) in [6.07, 6.45) is 13.5. The van der Waals surface area contributed by atoms with Gasteiger partial charge in [0.1, 0.15) is 5.83 Å². The molecule has 2 unspecified atom stereocenters. The third-order valence-electron chi connectivity index (χ3n) is 4.37. The number of hydrogen-bond donors (Lipinski definition) is 0. The van der Waals surface area contributed by atoms with Crippen molar-refractivity contribution in [3.05, 3.63) is 47.8 Å². The van der Waals surface area contributed by atoms with Crippen molar-refractivity contribution in [2.75, 3.05) is 0 Å². The van der Waals surface area contributed by atoms with Crippen LogP contribution >= 0.6 is 0 Å². The molecule has 106 valence electrons. The largest absolute Gasteiger partial charge is 0.323 e. The first-order chi connectivity index (χ1) is 9.74. The molecule has 20 heavy (non-hydrogen) atoms. The Morgan fingerprint density at radius 2 is 2.35 bits per heavy atom. The van der Waals surface area contributed by atoms with E-state index in [2.05, 4.69) is 23.4 Å². The topological polar surface area (TPSA) is 17.8 Å². The van der Waals surface area contributed by atoms with E-state index in [4.69, 9.17) is 0 Å². The Kier molecular flexibility index (Phi) is 3.60. The molecule has 2 atom stereocenters. The predicted molar refractivity (Wildman–Crippen MR) is 79.8 cm³/mol. The van der Waals surface area contributed by atoms with Gasteiger partial charge in [-0.2, -0.15) is 0 Å². The van der Waals surface area contributed by atoms with Gasteiger partial charge in [0.25, 0.3) is 0 Å². The van der Waals surface area contributed by atoms with Gasteiger partial charge >= 0.3 is 0 Å².